The van der Waals surface area contributed by atoms with Gasteiger partial charge in [0.25, 0.3) is 0 Å². The number of amides is 1. The molecule has 2 rings (SSSR count). The van der Waals surface area contributed by atoms with Crippen molar-refractivity contribution in [2.45, 2.75) is 0 Å². The molecule has 0 aliphatic carbocycles. The van der Waals surface area contributed by atoms with E-state index in [2.05, 4.69) is 5.32 Å². The smallest absolute Gasteiger partial charge is 0.245 e. The Morgan fingerprint density at radius 1 is 1.17 bits per heavy atom. The summed E-state index contributed by atoms with van der Waals surface area (Å²) in [7, 11) is -3.64. The lowest BCUT2D eigenvalue weighted by Crippen LogP contribution is -2.37. The van der Waals surface area contributed by atoms with E-state index in [1.165, 1.54) is 12.1 Å². The molecule has 0 unspecified atom stereocenters. The summed E-state index contributed by atoms with van der Waals surface area (Å²) in [6, 6.07) is 14.4. The predicted molar refractivity (Wildman–Crippen MR) is 93.4 cm³/mol. The Hall–Kier alpha value is -2.56. The van der Waals surface area contributed by atoms with Crippen LogP contribution in [0.25, 0.3) is 0 Å². The van der Waals surface area contributed by atoms with Crippen molar-refractivity contribution < 1.29 is 13.2 Å². The van der Waals surface area contributed by atoms with E-state index >= 15 is 0 Å². The van der Waals surface area contributed by atoms with Crippen LogP contribution in [0.15, 0.2) is 48.5 Å². The van der Waals surface area contributed by atoms with Gasteiger partial charge in [0, 0.05) is 10.7 Å². The van der Waals surface area contributed by atoms with Crippen LogP contribution in [-0.2, 0) is 14.8 Å². The van der Waals surface area contributed by atoms with E-state index in [0.717, 1.165) is 10.6 Å². The number of anilines is 2. The molecule has 0 aliphatic rings. The van der Waals surface area contributed by atoms with Gasteiger partial charge in [0.1, 0.15) is 6.54 Å². The normalized spacial score (nSPS) is 10.7. The highest BCUT2D eigenvalue weighted by Gasteiger charge is 2.20. The molecule has 2 aromatic rings. The highest BCUT2D eigenvalue weighted by molar-refractivity contribution is 7.92. The number of hydrogen-bond acceptors (Lipinski definition) is 4. The molecule has 0 atom stereocenters. The molecule has 0 spiro atoms. The second-order valence-electron chi connectivity index (χ2n) is 4.98. The van der Waals surface area contributed by atoms with Crippen LogP contribution in [0.3, 0.4) is 0 Å². The van der Waals surface area contributed by atoms with Crippen molar-refractivity contribution in [1.29, 1.82) is 5.26 Å². The van der Waals surface area contributed by atoms with Gasteiger partial charge in [0.15, 0.2) is 0 Å². The minimum Gasteiger partial charge on any atom is -0.325 e. The summed E-state index contributed by atoms with van der Waals surface area (Å²) in [4.78, 5) is 12.2. The average molecular weight is 364 g/mol. The van der Waals surface area contributed by atoms with Gasteiger partial charge in [-0.25, -0.2) is 8.42 Å². The van der Waals surface area contributed by atoms with Crippen LogP contribution in [0.4, 0.5) is 11.4 Å². The standard InChI is InChI=1S/C16H14ClN3O3S/c1-24(22,23)20(15-8-4-13(17)5-9-15)11-16(21)19-14-6-2-12(10-18)3-7-14/h2-9H,11H2,1H3,(H,19,21). The fourth-order valence-corrected chi connectivity index (χ4v) is 2.95. The fourth-order valence-electron chi connectivity index (χ4n) is 1.97. The zero-order chi connectivity index (χ0) is 17.7. The summed E-state index contributed by atoms with van der Waals surface area (Å²) in [6.45, 7) is -0.375. The number of benzene rings is 2. The van der Waals surface area contributed by atoms with Gasteiger partial charge in [-0.05, 0) is 48.5 Å². The van der Waals surface area contributed by atoms with Crippen molar-refractivity contribution in [2.24, 2.45) is 0 Å². The second kappa shape index (κ2) is 7.34. The quantitative estimate of drug-likeness (QED) is 0.884. The lowest BCUT2D eigenvalue weighted by molar-refractivity contribution is -0.114. The fraction of sp³-hybridized carbons (Fsp3) is 0.125. The largest absolute Gasteiger partial charge is 0.325 e. The first-order chi connectivity index (χ1) is 11.3. The number of sulfonamides is 1. The summed E-state index contributed by atoms with van der Waals surface area (Å²) in [6.07, 6.45) is 1.02. The molecule has 2 aromatic carbocycles. The Morgan fingerprint density at radius 2 is 1.75 bits per heavy atom. The van der Waals surface area contributed by atoms with Crippen LogP contribution in [0, 0.1) is 11.3 Å². The summed E-state index contributed by atoms with van der Waals surface area (Å²) < 4.78 is 24.9. The van der Waals surface area contributed by atoms with Crippen molar-refractivity contribution >= 4 is 38.9 Å². The lowest BCUT2D eigenvalue weighted by Gasteiger charge is -2.22. The van der Waals surface area contributed by atoms with E-state index < -0.39 is 15.9 Å². The molecule has 0 bridgehead atoms. The molecule has 0 aliphatic heterocycles. The molecule has 0 saturated carbocycles. The van der Waals surface area contributed by atoms with Gasteiger partial charge < -0.3 is 5.32 Å². The Balaban J connectivity index is 2.15. The van der Waals surface area contributed by atoms with Crippen molar-refractivity contribution in [3.8, 4) is 6.07 Å². The molecule has 124 valence electrons. The van der Waals surface area contributed by atoms with Crippen molar-refractivity contribution in [3.63, 3.8) is 0 Å². The molecule has 1 amide bonds. The van der Waals surface area contributed by atoms with Gasteiger partial charge in [-0.2, -0.15) is 5.26 Å². The number of rotatable bonds is 5. The summed E-state index contributed by atoms with van der Waals surface area (Å²) in [5, 5.41) is 11.8. The van der Waals surface area contributed by atoms with E-state index in [1.807, 2.05) is 6.07 Å². The van der Waals surface area contributed by atoms with Gasteiger partial charge in [-0.15, -0.1) is 0 Å². The number of hydrogen-bond donors (Lipinski definition) is 1. The number of halogens is 1. The molecule has 0 saturated heterocycles. The molecule has 8 heteroatoms. The summed E-state index contributed by atoms with van der Waals surface area (Å²) >= 11 is 5.80. The van der Waals surface area contributed by atoms with Gasteiger partial charge in [0.05, 0.1) is 23.6 Å². The number of nitriles is 1. The zero-order valence-corrected chi connectivity index (χ0v) is 14.3. The van der Waals surface area contributed by atoms with E-state index in [4.69, 9.17) is 16.9 Å². The molecule has 24 heavy (non-hydrogen) atoms. The van der Waals surface area contributed by atoms with Crippen LogP contribution in [0.1, 0.15) is 5.56 Å². The molecule has 6 nitrogen and oxygen atoms in total. The maximum absolute atomic E-state index is 12.2. The molecule has 0 heterocycles. The topological polar surface area (TPSA) is 90.3 Å². The van der Waals surface area contributed by atoms with Gasteiger partial charge in [-0.1, -0.05) is 11.6 Å². The summed E-state index contributed by atoms with van der Waals surface area (Å²) in [5.41, 5.74) is 1.28. The first-order valence-electron chi connectivity index (χ1n) is 6.83. The number of carbonyl (C=O) groups is 1. The van der Waals surface area contributed by atoms with Crippen LogP contribution < -0.4 is 9.62 Å². The maximum Gasteiger partial charge on any atom is 0.245 e. The van der Waals surface area contributed by atoms with Gasteiger partial charge >= 0.3 is 0 Å². The van der Waals surface area contributed by atoms with E-state index in [9.17, 15) is 13.2 Å². The predicted octanol–water partition coefficient (Wildman–Crippen LogP) is 2.62. The Morgan fingerprint density at radius 3 is 2.25 bits per heavy atom. The van der Waals surface area contributed by atoms with E-state index in [-0.39, 0.29) is 6.54 Å². The highest BCUT2D eigenvalue weighted by Crippen LogP contribution is 2.20. The number of nitrogens with one attached hydrogen (secondary N) is 1. The van der Waals surface area contributed by atoms with Crippen LogP contribution in [-0.4, -0.2) is 27.1 Å². The Kier molecular flexibility index (Phi) is 5.44. The second-order valence-corrected chi connectivity index (χ2v) is 7.33. The Bertz CT molecular complexity index is 872. The molecule has 0 fully saturated rings. The first kappa shape index (κ1) is 17.8. The van der Waals surface area contributed by atoms with Crippen LogP contribution >= 0.6 is 11.6 Å². The highest BCUT2D eigenvalue weighted by atomic mass is 35.5. The lowest BCUT2D eigenvalue weighted by atomic mass is 10.2. The number of carbonyl (C=O) groups excluding carboxylic acids is 1. The van der Waals surface area contributed by atoms with Crippen LogP contribution in [0.5, 0.6) is 0 Å². The van der Waals surface area contributed by atoms with Gasteiger partial charge in [0.2, 0.25) is 15.9 Å². The number of nitrogens with zero attached hydrogens (tertiary/aromatic N) is 2. The molecular weight excluding hydrogens is 350 g/mol. The maximum atomic E-state index is 12.2. The third-order valence-corrected chi connectivity index (χ3v) is 4.49. The Labute approximate surface area is 145 Å². The minimum atomic E-state index is -3.64. The molecule has 1 N–H and O–H groups in total. The van der Waals surface area contributed by atoms with Gasteiger partial charge in [-0.3, -0.25) is 9.10 Å². The average Bonchev–Trinajstić information content (AvgIpc) is 2.53. The molecular formula is C16H14ClN3O3S. The zero-order valence-electron chi connectivity index (χ0n) is 12.7. The monoisotopic (exact) mass is 363 g/mol. The SMILES string of the molecule is CS(=O)(=O)N(CC(=O)Nc1ccc(C#N)cc1)c1ccc(Cl)cc1. The van der Waals surface area contributed by atoms with Crippen molar-refractivity contribution in [1.82, 2.24) is 0 Å². The van der Waals surface area contributed by atoms with Crippen LogP contribution in [0.2, 0.25) is 5.02 Å². The van der Waals surface area contributed by atoms with E-state index in [1.54, 1.807) is 36.4 Å². The minimum absolute atomic E-state index is 0.344. The third kappa shape index (κ3) is 4.72. The van der Waals surface area contributed by atoms with Crippen molar-refractivity contribution in [2.75, 3.05) is 22.4 Å². The third-order valence-electron chi connectivity index (χ3n) is 3.10. The molecule has 0 aromatic heterocycles. The van der Waals surface area contributed by atoms with Crippen molar-refractivity contribution in [3.05, 3.63) is 59.1 Å². The first-order valence-corrected chi connectivity index (χ1v) is 9.05. The van der Waals surface area contributed by atoms with E-state index in [0.29, 0.717) is 22.0 Å². The molecule has 0 radical (unpaired) electrons. The summed E-state index contributed by atoms with van der Waals surface area (Å²) in [5.74, 6) is -0.500.